The summed E-state index contributed by atoms with van der Waals surface area (Å²) in [5, 5.41) is 19.8. The Balaban J connectivity index is 2.20. The molecule has 2 amide bonds. The van der Waals surface area contributed by atoms with Crippen LogP contribution in [0.25, 0.3) is 0 Å². The number of rotatable bonds is 12. The average molecular weight is 465 g/mol. The average Bonchev–Trinajstić information content (AvgIpc) is 3.24. The number of carbonyl (C=O) groups is 3. The molecule has 0 aromatic heterocycles. The summed E-state index contributed by atoms with van der Waals surface area (Å²) in [5.41, 5.74) is 12.6. The molecular weight excluding hydrogens is 426 g/mol. The Hall–Kier alpha value is -2.33. The number of likely N-dealkylation sites (tertiary alicyclic amines) is 1. The number of aryl methyl sites for hydroxylation is 1. The summed E-state index contributed by atoms with van der Waals surface area (Å²) in [5.74, 6) is -1.47. The molecule has 0 spiro atoms. The molecule has 1 aromatic rings. The monoisotopic (exact) mass is 464 g/mol. The highest BCUT2D eigenvalue weighted by Crippen LogP contribution is 2.35. The molecule has 0 aliphatic carbocycles. The van der Waals surface area contributed by atoms with E-state index in [4.69, 9.17) is 16.2 Å². The zero-order chi connectivity index (χ0) is 24.4. The van der Waals surface area contributed by atoms with Gasteiger partial charge in [0.15, 0.2) is 0 Å². The third-order valence-electron chi connectivity index (χ3n) is 6.61. The lowest BCUT2D eigenvalue weighted by Crippen LogP contribution is -2.64. The quantitative estimate of drug-likeness (QED) is 0.270. The topological polar surface area (TPSA) is 153 Å². The van der Waals surface area contributed by atoms with E-state index in [-0.39, 0.29) is 44.9 Å². The Morgan fingerprint density at radius 3 is 2.48 bits per heavy atom. The molecule has 0 radical (unpaired) electrons. The second-order valence-electron chi connectivity index (χ2n) is 8.79. The lowest BCUT2D eigenvalue weighted by Gasteiger charge is -2.35. The van der Waals surface area contributed by atoms with Crippen molar-refractivity contribution in [3.05, 3.63) is 35.9 Å². The van der Waals surface area contributed by atoms with Gasteiger partial charge in [0.2, 0.25) is 0 Å². The van der Waals surface area contributed by atoms with E-state index >= 15 is 0 Å². The predicted molar refractivity (Wildman–Crippen MR) is 123 cm³/mol. The second kappa shape index (κ2) is 12.8. The van der Waals surface area contributed by atoms with Crippen molar-refractivity contribution in [2.45, 2.75) is 70.1 Å². The lowest BCUT2D eigenvalue weighted by atomic mass is 9.91. The minimum absolute atomic E-state index is 0.0467. The van der Waals surface area contributed by atoms with Crippen LogP contribution in [0.15, 0.2) is 30.3 Å². The molecule has 9 nitrogen and oxygen atoms in total. The predicted octanol–water partition coefficient (Wildman–Crippen LogP) is 1.80. The van der Waals surface area contributed by atoms with Crippen LogP contribution < -0.4 is 11.5 Å². The van der Waals surface area contributed by atoms with Crippen LogP contribution in [0, 0.1) is 5.92 Å². The number of nitrogens with zero attached hydrogens (tertiary/aromatic N) is 1. The number of amides is 2. The molecule has 9 heteroatoms. The van der Waals surface area contributed by atoms with Crippen LogP contribution in [0.2, 0.25) is 0 Å². The van der Waals surface area contributed by atoms with Gasteiger partial charge in [-0.3, -0.25) is 4.79 Å². The number of nitrogens with two attached hydrogens (primary N) is 2. The van der Waals surface area contributed by atoms with Crippen LogP contribution >= 0.6 is 0 Å². The second-order valence-corrected chi connectivity index (χ2v) is 8.79. The molecule has 1 aliphatic heterocycles. The maximum atomic E-state index is 13.3. The zero-order valence-corrected chi connectivity index (χ0v) is 19.4. The summed E-state index contributed by atoms with van der Waals surface area (Å²) in [4.78, 5) is 38.5. The fourth-order valence-electron chi connectivity index (χ4n) is 4.73. The van der Waals surface area contributed by atoms with Crippen LogP contribution in [0.1, 0.15) is 51.0 Å². The van der Waals surface area contributed by atoms with E-state index in [1.807, 2.05) is 30.3 Å². The minimum atomic E-state index is -1.25. The molecule has 184 valence electrons. The van der Waals surface area contributed by atoms with E-state index in [1.165, 1.54) is 0 Å². The van der Waals surface area contributed by atoms with E-state index < -0.39 is 40.6 Å². The third kappa shape index (κ3) is 6.83. The van der Waals surface area contributed by atoms with Crippen molar-refractivity contribution in [2.24, 2.45) is 17.4 Å². The number of benzene rings is 1. The SMILES string of the molecule is CCOC(=O)[C@@H](CCc1ccccc1)C[C@@H]1CCC[N+]1(C(=O)O)C(=O)C(N)CCC(O)CN. The van der Waals surface area contributed by atoms with Crippen molar-refractivity contribution < 1.29 is 33.8 Å². The molecular formula is C24H38N3O6+. The molecule has 1 aromatic carbocycles. The number of ether oxygens (including phenoxy) is 1. The highest BCUT2D eigenvalue weighted by atomic mass is 16.5. The van der Waals surface area contributed by atoms with Crippen LogP contribution in [0.4, 0.5) is 4.79 Å². The van der Waals surface area contributed by atoms with Gasteiger partial charge in [0.05, 0.1) is 25.2 Å². The third-order valence-corrected chi connectivity index (χ3v) is 6.61. The summed E-state index contributed by atoms with van der Waals surface area (Å²) >= 11 is 0. The van der Waals surface area contributed by atoms with Gasteiger partial charge in [0.25, 0.3) is 0 Å². The lowest BCUT2D eigenvalue weighted by molar-refractivity contribution is -0.796. The number of hydrogen-bond donors (Lipinski definition) is 4. The molecule has 0 saturated carbocycles. The number of hydrogen-bond acceptors (Lipinski definition) is 7. The van der Waals surface area contributed by atoms with Gasteiger partial charge in [-0.2, -0.15) is 9.28 Å². The number of imide groups is 1. The van der Waals surface area contributed by atoms with Gasteiger partial charge < -0.3 is 26.4 Å². The van der Waals surface area contributed by atoms with E-state index in [0.29, 0.717) is 25.7 Å². The standard InChI is InChI=1S/C24H37N3O6/c1-2-33-23(30)18(11-10-17-7-4-3-5-8-17)15-19-9-6-14-27(19,24(31)32)22(29)21(26)13-12-20(28)16-25/h3-5,7-8,18-21,28H,2,6,9-16,25-26H2,1H3/p+1/t18-,19-,20?,21?,27?/m0/s1. The number of carboxylic acid groups (broad SMARTS) is 1. The molecule has 1 saturated heterocycles. The number of aliphatic hydroxyl groups is 1. The smallest absolute Gasteiger partial charge is 0.466 e. The van der Waals surface area contributed by atoms with Crippen LogP contribution in [0.5, 0.6) is 0 Å². The van der Waals surface area contributed by atoms with Crippen molar-refractivity contribution in [2.75, 3.05) is 19.7 Å². The van der Waals surface area contributed by atoms with Gasteiger partial charge in [-0.15, -0.1) is 0 Å². The summed E-state index contributed by atoms with van der Waals surface area (Å²) in [6.45, 7) is 2.15. The van der Waals surface area contributed by atoms with Crippen LogP contribution in [0.3, 0.4) is 0 Å². The Morgan fingerprint density at radius 1 is 1.18 bits per heavy atom. The summed E-state index contributed by atoms with van der Waals surface area (Å²) in [7, 11) is 0. The highest BCUT2D eigenvalue weighted by Gasteiger charge is 2.56. The molecule has 1 fully saturated rings. The highest BCUT2D eigenvalue weighted by molar-refractivity contribution is 5.84. The molecule has 6 N–H and O–H groups in total. The molecule has 33 heavy (non-hydrogen) atoms. The maximum Gasteiger partial charge on any atom is 0.521 e. The van der Waals surface area contributed by atoms with Gasteiger partial charge >= 0.3 is 18.0 Å². The molecule has 2 rings (SSSR count). The number of esters is 1. The molecule has 0 bridgehead atoms. The van der Waals surface area contributed by atoms with Crippen LogP contribution in [-0.2, 0) is 20.7 Å². The molecule has 1 heterocycles. The van der Waals surface area contributed by atoms with Crippen molar-refractivity contribution in [3.8, 4) is 0 Å². The number of carbonyl (C=O) groups excluding carboxylic acids is 2. The normalized spacial score (nSPS) is 23.0. The van der Waals surface area contributed by atoms with Crippen molar-refractivity contribution in [3.63, 3.8) is 0 Å². The summed E-state index contributed by atoms with van der Waals surface area (Å²) in [6.07, 6.45) is 0.777. The Kier molecular flexibility index (Phi) is 10.4. The van der Waals surface area contributed by atoms with E-state index in [0.717, 1.165) is 5.56 Å². The van der Waals surface area contributed by atoms with E-state index in [1.54, 1.807) is 6.92 Å². The first-order valence-electron chi connectivity index (χ1n) is 11.8. The van der Waals surface area contributed by atoms with Crippen molar-refractivity contribution in [1.29, 1.82) is 0 Å². The van der Waals surface area contributed by atoms with Gasteiger partial charge in [0.1, 0.15) is 12.1 Å². The Labute approximate surface area is 195 Å². The molecule has 5 atom stereocenters. The van der Waals surface area contributed by atoms with Crippen molar-refractivity contribution >= 4 is 18.0 Å². The first-order valence-corrected chi connectivity index (χ1v) is 11.8. The van der Waals surface area contributed by atoms with Crippen LogP contribution in [-0.4, -0.2) is 70.5 Å². The van der Waals surface area contributed by atoms with Gasteiger partial charge in [-0.25, -0.2) is 4.79 Å². The number of aliphatic hydroxyl groups excluding tert-OH is 1. The fourth-order valence-corrected chi connectivity index (χ4v) is 4.73. The summed E-state index contributed by atoms with van der Waals surface area (Å²) < 4.78 is 4.50. The Morgan fingerprint density at radius 2 is 1.88 bits per heavy atom. The Bertz CT molecular complexity index is 790. The largest absolute Gasteiger partial charge is 0.521 e. The summed E-state index contributed by atoms with van der Waals surface area (Å²) in [6, 6.07) is 8.14. The molecule has 1 aliphatic rings. The van der Waals surface area contributed by atoms with Gasteiger partial charge in [-0.05, 0) is 38.2 Å². The number of quaternary nitrogens is 1. The van der Waals surface area contributed by atoms with E-state index in [2.05, 4.69) is 0 Å². The van der Waals surface area contributed by atoms with Gasteiger partial charge in [-0.1, -0.05) is 30.3 Å². The minimum Gasteiger partial charge on any atom is -0.466 e. The molecule has 3 unspecified atom stereocenters. The fraction of sp³-hybridized carbons (Fsp3) is 0.625. The van der Waals surface area contributed by atoms with E-state index in [9.17, 15) is 24.6 Å². The van der Waals surface area contributed by atoms with Crippen molar-refractivity contribution in [1.82, 2.24) is 0 Å². The first-order chi connectivity index (χ1) is 15.8. The first kappa shape index (κ1) is 26.9. The maximum absolute atomic E-state index is 13.3. The zero-order valence-electron chi connectivity index (χ0n) is 19.4. The van der Waals surface area contributed by atoms with Gasteiger partial charge in [0, 0.05) is 25.8 Å².